The fourth-order valence-corrected chi connectivity index (χ4v) is 5.98. The van der Waals surface area contributed by atoms with Crippen LogP contribution >= 0.6 is 0 Å². The second-order valence-corrected chi connectivity index (χ2v) is 12.2. The summed E-state index contributed by atoms with van der Waals surface area (Å²) >= 11 is 0. The van der Waals surface area contributed by atoms with Gasteiger partial charge >= 0.3 is 0 Å². The van der Waals surface area contributed by atoms with Crippen molar-refractivity contribution in [3.8, 4) is 5.75 Å². The Hall–Kier alpha value is -3.83. The van der Waals surface area contributed by atoms with Gasteiger partial charge in [0.2, 0.25) is 0 Å². The van der Waals surface area contributed by atoms with E-state index in [-0.39, 0.29) is 20.9 Å². The van der Waals surface area contributed by atoms with Gasteiger partial charge in [-0.2, -0.15) is 16.8 Å². The zero-order valence-electron chi connectivity index (χ0n) is 22.1. The normalized spacial score (nSPS) is 13.4. The van der Waals surface area contributed by atoms with E-state index in [1.54, 1.807) is 56.3 Å². The summed E-state index contributed by atoms with van der Waals surface area (Å²) < 4.78 is 69.9. The Balaban J connectivity index is 1.84. The predicted octanol–water partition coefficient (Wildman–Crippen LogP) is 5.42. The molecule has 10 heteroatoms. The third kappa shape index (κ3) is 6.83. The van der Waals surface area contributed by atoms with Gasteiger partial charge in [0.05, 0.1) is 16.9 Å². The van der Waals surface area contributed by atoms with E-state index in [1.807, 2.05) is 0 Å². The molecule has 208 valence electrons. The summed E-state index contributed by atoms with van der Waals surface area (Å²) in [6, 6.07) is 25.7. The van der Waals surface area contributed by atoms with Gasteiger partial charge in [-0.3, -0.25) is 13.2 Å². The maximum atomic E-state index is 13.9. The van der Waals surface area contributed by atoms with Gasteiger partial charge in [-0.15, -0.1) is 0 Å². The second-order valence-electron chi connectivity index (χ2n) is 9.07. The standard InChI is InChI=1S/C30H28O8S2/c1-21-9-17-26(18-10-21)39(32,33)37-29(24-7-5-4-6-8-24)30(28(31)23-13-15-25(36-3)16-14-23)38-40(34,35)27-19-11-22(2)12-20-27/h4-20,29-30H,1-3H3. The molecule has 0 aliphatic heterocycles. The van der Waals surface area contributed by atoms with E-state index in [1.165, 1.54) is 67.8 Å². The Kier molecular flexibility index (Phi) is 8.85. The van der Waals surface area contributed by atoms with Crippen LogP contribution in [0, 0.1) is 13.8 Å². The Morgan fingerprint density at radius 3 is 1.57 bits per heavy atom. The van der Waals surface area contributed by atoms with Crippen LogP contribution in [0.2, 0.25) is 0 Å². The molecule has 0 aromatic heterocycles. The van der Waals surface area contributed by atoms with Crippen molar-refractivity contribution in [2.24, 2.45) is 0 Å². The van der Waals surface area contributed by atoms with Crippen LogP contribution in [0.4, 0.5) is 0 Å². The first-order chi connectivity index (χ1) is 19.0. The molecule has 0 amide bonds. The van der Waals surface area contributed by atoms with E-state index in [0.717, 1.165) is 11.1 Å². The number of hydrogen-bond donors (Lipinski definition) is 0. The minimum atomic E-state index is -4.54. The second kappa shape index (κ2) is 12.1. The number of carbonyl (C=O) groups is 1. The van der Waals surface area contributed by atoms with Crippen LogP contribution < -0.4 is 4.74 Å². The molecule has 0 N–H and O–H groups in total. The van der Waals surface area contributed by atoms with Crippen LogP contribution in [-0.2, 0) is 28.6 Å². The third-order valence-electron chi connectivity index (χ3n) is 6.12. The number of ether oxygens (including phenoxy) is 1. The minimum Gasteiger partial charge on any atom is -0.497 e. The van der Waals surface area contributed by atoms with Gasteiger partial charge in [-0.1, -0.05) is 65.7 Å². The summed E-state index contributed by atoms with van der Waals surface area (Å²) in [5, 5.41) is 0. The first-order valence-electron chi connectivity index (χ1n) is 12.2. The summed E-state index contributed by atoms with van der Waals surface area (Å²) in [5.41, 5.74) is 1.95. The smallest absolute Gasteiger partial charge is 0.297 e. The van der Waals surface area contributed by atoms with Crippen molar-refractivity contribution in [2.75, 3.05) is 7.11 Å². The van der Waals surface area contributed by atoms with Gasteiger partial charge in [-0.25, -0.2) is 0 Å². The largest absolute Gasteiger partial charge is 0.497 e. The van der Waals surface area contributed by atoms with Crippen molar-refractivity contribution in [1.82, 2.24) is 0 Å². The van der Waals surface area contributed by atoms with Crippen molar-refractivity contribution < 1.29 is 34.7 Å². The average molecular weight is 581 g/mol. The summed E-state index contributed by atoms with van der Waals surface area (Å²) in [4.78, 5) is 13.5. The summed E-state index contributed by atoms with van der Waals surface area (Å²) in [6.45, 7) is 3.60. The number of benzene rings is 4. The molecule has 4 aromatic carbocycles. The van der Waals surface area contributed by atoms with Crippen molar-refractivity contribution in [2.45, 2.75) is 35.8 Å². The molecule has 0 saturated heterocycles. The predicted molar refractivity (Wildman–Crippen MR) is 149 cm³/mol. The molecular weight excluding hydrogens is 552 g/mol. The highest BCUT2D eigenvalue weighted by Crippen LogP contribution is 2.33. The molecule has 0 radical (unpaired) electrons. The lowest BCUT2D eigenvalue weighted by molar-refractivity contribution is 0.0460. The highest BCUT2D eigenvalue weighted by molar-refractivity contribution is 7.87. The molecule has 4 aromatic rings. The van der Waals surface area contributed by atoms with Crippen LogP contribution in [0.15, 0.2) is 113 Å². The molecule has 0 aliphatic rings. The van der Waals surface area contributed by atoms with Gasteiger partial charge in [0.1, 0.15) is 11.9 Å². The molecule has 0 aliphatic carbocycles. The number of aryl methyl sites for hydroxylation is 2. The summed E-state index contributed by atoms with van der Waals surface area (Å²) in [6.07, 6.45) is -3.55. The van der Waals surface area contributed by atoms with Gasteiger partial charge in [-0.05, 0) is 67.9 Å². The maximum Gasteiger partial charge on any atom is 0.297 e. The number of rotatable bonds is 11. The van der Waals surface area contributed by atoms with Gasteiger partial charge in [0.15, 0.2) is 11.9 Å². The SMILES string of the molecule is COc1ccc(C(=O)C(OS(=O)(=O)c2ccc(C)cc2)C(OS(=O)(=O)c2ccc(C)cc2)c2ccccc2)cc1. The molecule has 40 heavy (non-hydrogen) atoms. The molecular formula is C30H28O8S2. The summed E-state index contributed by atoms with van der Waals surface area (Å²) in [7, 11) is -7.55. The molecule has 0 heterocycles. The lowest BCUT2D eigenvalue weighted by atomic mass is 9.97. The topological polar surface area (TPSA) is 113 Å². The molecule has 8 nitrogen and oxygen atoms in total. The van der Waals surface area contributed by atoms with Crippen LogP contribution in [-0.4, -0.2) is 35.8 Å². The lowest BCUT2D eigenvalue weighted by Crippen LogP contribution is -2.36. The number of ketones is 1. The minimum absolute atomic E-state index is 0.0715. The Morgan fingerprint density at radius 2 is 1.10 bits per heavy atom. The average Bonchev–Trinajstić information content (AvgIpc) is 2.95. The number of methoxy groups -OCH3 is 1. The zero-order valence-corrected chi connectivity index (χ0v) is 23.7. The van der Waals surface area contributed by atoms with E-state index in [4.69, 9.17) is 13.1 Å². The summed E-state index contributed by atoms with van der Waals surface area (Å²) in [5.74, 6) is -0.328. The number of hydrogen-bond acceptors (Lipinski definition) is 8. The van der Waals surface area contributed by atoms with E-state index in [9.17, 15) is 21.6 Å². The van der Waals surface area contributed by atoms with Crippen molar-refractivity contribution in [1.29, 1.82) is 0 Å². The third-order valence-corrected chi connectivity index (χ3v) is 8.74. The van der Waals surface area contributed by atoms with Crippen LogP contribution in [0.25, 0.3) is 0 Å². The highest BCUT2D eigenvalue weighted by atomic mass is 32.2. The van der Waals surface area contributed by atoms with Crippen molar-refractivity contribution in [3.63, 3.8) is 0 Å². The molecule has 2 atom stereocenters. The first-order valence-corrected chi connectivity index (χ1v) is 15.0. The van der Waals surface area contributed by atoms with E-state index in [2.05, 4.69) is 0 Å². The fourth-order valence-electron chi connectivity index (χ4n) is 3.87. The molecule has 0 fully saturated rings. The first kappa shape index (κ1) is 29.2. The number of Topliss-reactive ketones (excluding diaryl/α,β-unsaturated/α-hetero) is 1. The van der Waals surface area contributed by atoms with Crippen LogP contribution in [0.1, 0.15) is 33.2 Å². The lowest BCUT2D eigenvalue weighted by Gasteiger charge is -2.26. The van der Waals surface area contributed by atoms with Crippen LogP contribution in [0.5, 0.6) is 5.75 Å². The Morgan fingerprint density at radius 1 is 0.625 bits per heavy atom. The molecule has 0 saturated carbocycles. The van der Waals surface area contributed by atoms with Gasteiger partial charge in [0.25, 0.3) is 20.2 Å². The monoisotopic (exact) mass is 580 g/mol. The Bertz CT molecular complexity index is 1660. The molecule has 0 spiro atoms. The van der Waals surface area contributed by atoms with E-state index >= 15 is 0 Å². The number of carbonyl (C=O) groups excluding carboxylic acids is 1. The van der Waals surface area contributed by atoms with Crippen molar-refractivity contribution in [3.05, 3.63) is 125 Å². The molecule has 2 unspecified atom stereocenters. The van der Waals surface area contributed by atoms with Crippen LogP contribution in [0.3, 0.4) is 0 Å². The van der Waals surface area contributed by atoms with Gasteiger partial charge in [0, 0.05) is 5.56 Å². The molecule has 4 rings (SSSR count). The van der Waals surface area contributed by atoms with E-state index in [0.29, 0.717) is 5.75 Å². The maximum absolute atomic E-state index is 13.9. The van der Waals surface area contributed by atoms with Crippen molar-refractivity contribution >= 4 is 26.0 Å². The van der Waals surface area contributed by atoms with Gasteiger partial charge < -0.3 is 4.74 Å². The zero-order chi connectivity index (χ0) is 28.9. The fraction of sp³-hybridized carbons (Fsp3) is 0.167. The quantitative estimate of drug-likeness (QED) is 0.171. The van der Waals surface area contributed by atoms with E-state index < -0.39 is 38.2 Å². The highest BCUT2D eigenvalue weighted by Gasteiger charge is 2.40. The Labute approximate surface area is 234 Å². The molecule has 0 bridgehead atoms.